The maximum atomic E-state index is 12.6. The molecule has 0 saturated heterocycles. The van der Waals surface area contributed by atoms with E-state index in [0.717, 1.165) is 6.07 Å². The quantitative estimate of drug-likeness (QED) is 0.793. The second-order valence-electron chi connectivity index (χ2n) is 4.49. The molecule has 0 aromatic heterocycles. The van der Waals surface area contributed by atoms with Gasteiger partial charge in [0.25, 0.3) is 5.91 Å². The van der Waals surface area contributed by atoms with Gasteiger partial charge < -0.3 is 16.2 Å². The van der Waals surface area contributed by atoms with Gasteiger partial charge in [-0.25, -0.2) is 4.79 Å². The van der Waals surface area contributed by atoms with Crippen LogP contribution in [0.2, 0.25) is 0 Å². The zero-order chi connectivity index (χ0) is 15.7. The summed E-state index contributed by atoms with van der Waals surface area (Å²) in [5.41, 5.74) is 2.12. The van der Waals surface area contributed by atoms with Gasteiger partial charge in [0, 0.05) is 5.69 Å². The van der Waals surface area contributed by atoms with Crippen molar-refractivity contribution in [2.45, 2.75) is 25.6 Å². The average Bonchev–Trinajstić information content (AvgIpc) is 2.29. The van der Waals surface area contributed by atoms with E-state index in [2.05, 4.69) is 0 Å². The summed E-state index contributed by atoms with van der Waals surface area (Å²) in [6.07, 6.45) is -4.92. The molecule has 20 heavy (non-hydrogen) atoms. The third-order valence-electron chi connectivity index (χ3n) is 2.79. The summed E-state index contributed by atoms with van der Waals surface area (Å²) in [4.78, 5) is 22.4. The zero-order valence-corrected chi connectivity index (χ0v) is 10.7. The van der Waals surface area contributed by atoms with Crippen molar-refractivity contribution in [1.29, 1.82) is 0 Å². The maximum Gasteiger partial charge on any atom is 0.415 e. The summed E-state index contributed by atoms with van der Waals surface area (Å²) in [5, 5.41) is 10.9. The smallest absolute Gasteiger partial charge is 0.415 e. The largest absolute Gasteiger partial charge is 0.478 e. The average molecular weight is 290 g/mol. The Morgan fingerprint density at radius 1 is 1.30 bits per heavy atom. The van der Waals surface area contributed by atoms with Crippen molar-refractivity contribution in [2.75, 3.05) is 5.32 Å². The van der Waals surface area contributed by atoms with Crippen LogP contribution in [0.3, 0.4) is 0 Å². The predicted octanol–water partition coefficient (Wildman–Crippen LogP) is 1.91. The van der Waals surface area contributed by atoms with E-state index in [1.165, 1.54) is 19.1 Å². The molecule has 1 unspecified atom stereocenters. The van der Waals surface area contributed by atoms with E-state index < -0.39 is 23.6 Å². The molecule has 110 valence electrons. The van der Waals surface area contributed by atoms with Crippen LogP contribution in [0.15, 0.2) is 18.2 Å². The van der Waals surface area contributed by atoms with Crippen molar-refractivity contribution >= 4 is 17.6 Å². The van der Waals surface area contributed by atoms with Crippen molar-refractivity contribution in [3.63, 3.8) is 0 Å². The van der Waals surface area contributed by atoms with Crippen molar-refractivity contribution in [3.05, 3.63) is 29.3 Å². The van der Waals surface area contributed by atoms with E-state index in [0.29, 0.717) is 12.5 Å². The summed E-state index contributed by atoms with van der Waals surface area (Å²) in [6.45, 7) is 2.06. The van der Waals surface area contributed by atoms with Crippen LogP contribution >= 0.6 is 0 Å². The Bertz CT molecular complexity index is 553. The predicted molar refractivity (Wildman–Crippen MR) is 65.4 cm³/mol. The fourth-order valence-electron chi connectivity index (χ4n) is 1.32. The van der Waals surface area contributed by atoms with E-state index in [9.17, 15) is 22.8 Å². The van der Waals surface area contributed by atoms with Crippen LogP contribution in [0, 0.1) is 6.92 Å². The molecular formula is C12H13F3N2O3. The lowest BCUT2D eigenvalue weighted by molar-refractivity contribution is -0.184. The lowest BCUT2D eigenvalue weighted by Gasteiger charge is -2.26. The monoisotopic (exact) mass is 290 g/mol. The second-order valence-corrected chi connectivity index (χ2v) is 4.49. The molecule has 0 heterocycles. The van der Waals surface area contributed by atoms with Gasteiger partial charge in [0.2, 0.25) is 0 Å². The van der Waals surface area contributed by atoms with Gasteiger partial charge in [0.15, 0.2) is 5.54 Å². The molecule has 1 rings (SSSR count). The van der Waals surface area contributed by atoms with E-state index in [-0.39, 0.29) is 11.3 Å². The molecule has 8 heteroatoms. The lowest BCUT2D eigenvalue weighted by atomic mass is 10.0. The Morgan fingerprint density at radius 2 is 1.85 bits per heavy atom. The van der Waals surface area contributed by atoms with Gasteiger partial charge in [-0.15, -0.1) is 0 Å². The molecule has 0 aliphatic rings. The van der Waals surface area contributed by atoms with Crippen molar-refractivity contribution in [1.82, 2.24) is 0 Å². The highest BCUT2D eigenvalue weighted by atomic mass is 19.4. The van der Waals surface area contributed by atoms with Gasteiger partial charge >= 0.3 is 12.1 Å². The van der Waals surface area contributed by atoms with Crippen LogP contribution in [0.5, 0.6) is 0 Å². The Kier molecular flexibility index (Phi) is 4.09. The minimum Gasteiger partial charge on any atom is -0.478 e. The van der Waals surface area contributed by atoms with Gasteiger partial charge in [0.05, 0.1) is 5.56 Å². The molecule has 5 nitrogen and oxygen atoms in total. The zero-order valence-electron chi connectivity index (χ0n) is 10.7. The molecule has 0 fully saturated rings. The molecule has 0 aliphatic heterocycles. The highest BCUT2D eigenvalue weighted by Gasteiger charge is 2.53. The third kappa shape index (κ3) is 3.08. The first-order valence-corrected chi connectivity index (χ1v) is 5.48. The summed E-state index contributed by atoms with van der Waals surface area (Å²) in [7, 11) is 0. The molecule has 0 saturated carbocycles. The highest BCUT2D eigenvalue weighted by molar-refractivity contribution is 5.99. The molecule has 1 atom stereocenters. The number of aromatic carboxylic acids is 1. The molecule has 0 spiro atoms. The Hall–Kier alpha value is -2.09. The van der Waals surface area contributed by atoms with Crippen LogP contribution in [0.25, 0.3) is 0 Å². The Labute approximate surface area is 112 Å². The number of benzene rings is 1. The Balaban J connectivity index is 3.03. The van der Waals surface area contributed by atoms with Crippen LogP contribution in [-0.2, 0) is 4.79 Å². The molecule has 1 aromatic rings. The summed E-state index contributed by atoms with van der Waals surface area (Å²) in [6, 6.07) is 3.74. The highest BCUT2D eigenvalue weighted by Crippen LogP contribution is 2.29. The second kappa shape index (κ2) is 5.12. The number of aryl methyl sites for hydroxylation is 1. The van der Waals surface area contributed by atoms with Gasteiger partial charge in [-0.2, -0.15) is 13.2 Å². The number of carboxylic acid groups (broad SMARTS) is 1. The molecule has 4 N–H and O–H groups in total. The van der Waals surface area contributed by atoms with Crippen LogP contribution < -0.4 is 11.1 Å². The third-order valence-corrected chi connectivity index (χ3v) is 2.79. The number of halogens is 3. The number of carboxylic acids is 1. The summed E-state index contributed by atoms with van der Waals surface area (Å²) in [5.74, 6) is -2.71. The summed E-state index contributed by atoms with van der Waals surface area (Å²) >= 11 is 0. The van der Waals surface area contributed by atoms with Gasteiger partial charge in [-0.1, -0.05) is 6.07 Å². The van der Waals surface area contributed by atoms with E-state index in [1.54, 1.807) is 0 Å². The van der Waals surface area contributed by atoms with Gasteiger partial charge in [0.1, 0.15) is 0 Å². The fraction of sp³-hybridized carbons (Fsp3) is 0.333. The van der Waals surface area contributed by atoms with Crippen molar-refractivity contribution < 1.29 is 27.9 Å². The van der Waals surface area contributed by atoms with Crippen LogP contribution in [0.1, 0.15) is 22.8 Å². The number of hydrogen-bond donors (Lipinski definition) is 3. The molecule has 0 bridgehead atoms. The number of carbonyl (C=O) groups excluding carboxylic acids is 1. The minimum absolute atomic E-state index is 0.0704. The normalized spacial score (nSPS) is 14.5. The maximum absolute atomic E-state index is 12.6. The molecular weight excluding hydrogens is 277 g/mol. The molecule has 0 radical (unpaired) electrons. The number of amides is 1. The van der Waals surface area contributed by atoms with Gasteiger partial charge in [-0.05, 0) is 31.5 Å². The van der Waals surface area contributed by atoms with E-state index in [4.69, 9.17) is 10.8 Å². The number of carbonyl (C=O) groups is 2. The van der Waals surface area contributed by atoms with E-state index >= 15 is 0 Å². The number of alkyl halides is 3. The molecule has 0 aliphatic carbocycles. The van der Waals surface area contributed by atoms with Crippen LogP contribution in [0.4, 0.5) is 18.9 Å². The number of rotatable bonds is 3. The Morgan fingerprint density at radius 3 is 2.30 bits per heavy atom. The number of anilines is 1. The fourth-order valence-corrected chi connectivity index (χ4v) is 1.32. The van der Waals surface area contributed by atoms with Crippen LogP contribution in [-0.4, -0.2) is 28.7 Å². The first-order valence-electron chi connectivity index (χ1n) is 5.48. The SMILES string of the molecule is Cc1ccc(NC(=O)C(C)(N)C(F)(F)F)cc1C(=O)O. The molecule has 1 amide bonds. The lowest BCUT2D eigenvalue weighted by Crippen LogP contribution is -2.59. The topological polar surface area (TPSA) is 92.4 Å². The minimum atomic E-state index is -4.92. The number of nitrogens with one attached hydrogen (secondary N) is 1. The van der Waals surface area contributed by atoms with E-state index in [1.807, 2.05) is 5.32 Å². The first-order chi connectivity index (χ1) is 8.96. The summed E-state index contributed by atoms with van der Waals surface area (Å²) < 4.78 is 37.7. The standard InChI is InChI=1S/C12H13F3N2O3/c1-6-3-4-7(5-8(6)9(18)19)17-10(20)11(2,16)12(13,14)15/h3-5H,16H2,1-2H3,(H,17,20)(H,18,19). The van der Waals surface area contributed by atoms with Crippen molar-refractivity contribution in [2.24, 2.45) is 5.73 Å². The molecule has 1 aromatic carbocycles. The van der Waals surface area contributed by atoms with Crippen molar-refractivity contribution in [3.8, 4) is 0 Å². The number of hydrogen-bond acceptors (Lipinski definition) is 3. The van der Waals surface area contributed by atoms with Gasteiger partial charge in [-0.3, -0.25) is 4.79 Å². The first kappa shape index (κ1) is 16.0. The number of nitrogens with two attached hydrogens (primary N) is 1.